The zero-order valence-electron chi connectivity index (χ0n) is 11.7. The number of hydrogen-bond donors (Lipinski definition) is 0. The van der Waals surface area contributed by atoms with Crippen LogP contribution in [0.1, 0.15) is 57.9 Å². The molecule has 17 heavy (non-hydrogen) atoms. The highest BCUT2D eigenvalue weighted by Gasteiger charge is 2.19. The maximum atomic E-state index is 12.1. The van der Waals surface area contributed by atoms with Crippen molar-refractivity contribution < 1.29 is 4.79 Å². The molecule has 0 aliphatic heterocycles. The summed E-state index contributed by atoms with van der Waals surface area (Å²) in [5.41, 5.74) is 1.03. The lowest BCUT2D eigenvalue weighted by molar-refractivity contribution is 0.0944. The molecule has 0 aromatic carbocycles. The van der Waals surface area contributed by atoms with E-state index in [9.17, 15) is 4.79 Å². The van der Waals surface area contributed by atoms with Gasteiger partial charge in [0.2, 0.25) is 0 Å². The smallest absolute Gasteiger partial charge is 0.181 e. The van der Waals surface area contributed by atoms with Gasteiger partial charge in [-0.15, -0.1) is 0 Å². The topological polar surface area (TPSA) is 34.9 Å². The average Bonchev–Trinajstić information content (AvgIpc) is 2.61. The quantitative estimate of drug-likeness (QED) is 0.733. The lowest BCUT2D eigenvalue weighted by Gasteiger charge is -2.22. The normalized spacial score (nSPS) is 13.7. The van der Waals surface area contributed by atoms with E-state index in [2.05, 4.69) is 32.8 Å². The van der Waals surface area contributed by atoms with Crippen LogP contribution in [0.5, 0.6) is 0 Å². The Balaban J connectivity index is 2.61. The van der Waals surface area contributed by atoms with Crippen LogP contribution in [0, 0.1) is 11.3 Å². The molecule has 0 bridgehead atoms. The van der Waals surface area contributed by atoms with Crippen LogP contribution < -0.4 is 0 Å². The predicted octanol–water partition coefficient (Wildman–Crippen LogP) is 3.55. The van der Waals surface area contributed by atoms with E-state index >= 15 is 0 Å². The van der Waals surface area contributed by atoms with Gasteiger partial charge in [0.05, 0.1) is 0 Å². The van der Waals surface area contributed by atoms with E-state index in [1.807, 2.05) is 13.0 Å². The Bertz CT molecular complexity index is 374. The lowest BCUT2D eigenvalue weighted by Crippen LogP contribution is -2.16. The van der Waals surface area contributed by atoms with E-state index in [1.165, 1.54) is 0 Å². The number of aryl methyl sites for hydroxylation is 1. The van der Waals surface area contributed by atoms with Crippen molar-refractivity contribution in [1.29, 1.82) is 0 Å². The first-order valence-corrected chi connectivity index (χ1v) is 6.38. The molecular weight excluding hydrogens is 212 g/mol. The molecule has 1 rings (SSSR count). The Hall–Kier alpha value is -1.12. The zero-order chi connectivity index (χ0) is 13.1. The van der Waals surface area contributed by atoms with Gasteiger partial charge >= 0.3 is 0 Å². The molecule has 1 atom stereocenters. The van der Waals surface area contributed by atoms with E-state index in [0.29, 0.717) is 12.3 Å². The van der Waals surface area contributed by atoms with Crippen molar-refractivity contribution >= 4 is 5.78 Å². The Kier molecular flexibility index (Phi) is 4.49. The van der Waals surface area contributed by atoms with Gasteiger partial charge in [0.15, 0.2) is 5.78 Å². The molecular formula is C14H24N2O. The minimum atomic E-state index is 0.209. The summed E-state index contributed by atoms with van der Waals surface area (Å²) in [6.07, 6.45) is 3.38. The van der Waals surface area contributed by atoms with Crippen LogP contribution in [-0.2, 0) is 6.54 Å². The third-order valence-corrected chi connectivity index (χ3v) is 2.80. The van der Waals surface area contributed by atoms with Crippen LogP contribution in [-0.4, -0.2) is 15.6 Å². The van der Waals surface area contributed by atoms with Gasteiger partial charge in [0, 0.05) is 19.2 Å². The molecule has 1 heterocycles. The Morgan fingerprint density at radius 1 is 1.47 bits per heavy atom. The third-order valence-electron chi connectivity index (χ3n) is 2.80. The number of nitrogens with zero attached hydrogens (tertiary/aromatic N) is 2. The molecule has 0 saturated carbocycles. The average molecular weight is 236 g/mol. The zero-order valence-corrected chi connectivity index (χ0v) is 11.7. The second kappa shape index (κ2) is 5.48. The van der Waals surface area contributed by atoms with Crippen molar-refractivity contribution in [2.75, 3.05) is 0 Å². The van der Waals surface area contributed by atoms with Crippen molar-refractivity contribution in [3.8, 4) is 0 Å². The lowest BCUT2D eigenvalue weighted by atomic mass is 9.83. The highest BCUT2D eigenvalue weighted by molar-refractivity contribution is 5.94. The predicted molar refractivity (Wildman–Crippen MR) is 70.1 cm³/mol. The summed E-state index contributed by atoms with van der Waals surface area (Å²) in [5.74, 6) is 0.629. The maximum absolute atomic E-state index is 12.1. The number of carbonyl (C=O) groups excluding carboxylic acids is 1. The number of rotatable bonds is 5. The monoisotopic (exact) mass is 236 g/mol. The fourth-order valence-corrected chi connectivity index (χ4v) is 2.36. The van der Waals surface area contributed by atoms with Crippen LogP contribution in [0.25, 0.3) is 0 Å². The molecule has 1 aromatic heterocycles. The summed E-state index contributed by atoms with van der Waals surface area (Å²) in [5, 5.41) is 4.13. The molecule has 96 valence electrons. The molecule has 0 saturated heterocycles. The summed E-state index contributed by atoms with van der Waals surface area (Å²) in [6.45, 7) is 11.5. The van der Waals surface area contributed by atoms with Crippen molar-refractivity contribution in [3.63, 3.8) is 0 Å². The molecule has 0 aliphatic rings. The summed E-state index contributed by atoms with van der Waals surface area (Å²) in [6, 6.07) is 1.82. The molecule has 1 aromatic rings. The van der Waals surface area contributed by atoms with Gasteiger partial charge in [-0.25, -0.2) is 0 Å². The van der Waals surface area contributed by atoms with Gasteiger partial charge in [-0.1, -0.05) is 27.7 Å². The van der Waals surface area contributed by atoms with E-state index in [0.717, 1.165) is 18.7 Å². The Labute approximate surface area is 104 Å². The van der Waals surface area contributed by atoms with E-state index in [1.54, 1.807) is 10.9 Å². The first-order valence-electron chi connectivity index (χ1n) is 6.38. The third kappa shape index (κ3) is 4.33. The molecule has 0 N–H and O–H groups in total. The number of hydrogen-bond acceptors (Lipinski definition) is 2. The maximum Gasteiger partial charge on any atom is 0.181 e. The second-order valence-corrected chi connectivity index (χ2v) is 6.03. The van der Waals surface area contributed by atoms with Crippen molar-refractivity contribution in [3.05, 3.63) is 18.0 Å². The van der Waals surface area contributed by atoms with Gasteiger partial charge in [-0.05, 0) is 30.7 Å². The number of Topliss-reactive ketones (excluding diaryl/α,β-unsaturated/α-hetero) is 1. The standard InChI is InChI=1S/C14H24N2O/c1-6-16-12(7-8-15-16)13(17)9-11(2)10-14(3,4)5/h7-8,11H,6,9-10H2,1-5H3. The number of aromatic nitrogens is 2. The minimum absolute atomic E-state index is 0.209. The first kappa shape index (κ1) is 13.9. The van der Waals surface area contributed by atoms with Crippen LogP contribution in [0.4, 0.5) is 0 Å². The largest absolute Gasteiger partial charge is 0.292 e. The molecule has 0 spiro atoms. The van der Waals surface area contributed by atoms with Gasteiger partial charge in [-0.3, -0.25) is 9.48 Å². The number of carbonyl (C=O) groups is 1. The fourth-order valence-electron chi connectivity index (χ4n) is 2.36. The van der Waals surface area contributed by atoms with Crippen molar-refractivity contribution in [2.24, 2.45) is 11.3 Å². The minimum Gasteiger partial charge on any atom is -0.292 e. The fraction of sp³-hybridized carbons (Fsp3) is 0.714. The van der Waals surface area contributed by atoms with Gasteiger partial charge < -0.3 is 0 Å². The summed E-state index contributed by atoms with van der Waals surface area (Å²) in [4.78, 5) is 12.1. The van der Waals surface area contributed by atoms with Crippen LogP contribution in [0.3, 0.4) is 0 Å². The Morgan fingerprint density at radius 2 is 2.12 bits per heavy atom. The second-order valence-electron chi connectivity index (χ2n) is 6.03. The summed E-state index contributed by atoms with van der Waals surface area (Å²) >= 11 is 0. The molecule has 0 aliphatic carbocycles. The van der Waals surface area contributed by atoms with Crippen LogP contribution in [0.2, 0.25) is 0 Å². The molecule has 3 nitrogen and oxygen atoms in total. The van der Waals surface area contributed by atoms with Crippen LogP contribution in [0.15, 0.2) is 12.3 Å². The van der Waals surface area contributed by atoms with E-state index < -0.39 is 0 Å². The molecule has 0 radical (unpaired) electrons. The van der Waals surface area contributed by atoms with Gasteiger partial charge in [0.25, 0.3) is 0 Å². The van der Waals surface area contributed by atoms with Gasteiger partial charge in [0.1, 0.15) is 5.69 Å². The SMILES string of the molecule is CCn1nccc1C(=O)CC(C)CC(C)(C)C. The highest BCUT2D eigenvalue weighted by atomic mass is 16.1. The van der Waals surface area contributed by atoms with E-state index in [-0.39, 0.29) is 11.2 Å². The van der Waals surface area contributed by atoms with Crippen molar-refractivity contribution in [1.82, 2.24) is 9.78 Å². The van der Waals surface area contributed by atoms with Gasteiger partial charge in [-0.2, -0.15) is 5.10 Å². The molecule has 1 unspecified atom stereocenters. The van der Waals surface area contributed by atoms with Crippen LogP contribution >= 0.6 is 0 Å². The first-order chi connectivity index (χ1) is 7.83. The molecule has 0 fully saturated rings. The summed E-state index contributed by atoms with van der Waals surface area (Å²) < 4.78 is 1.77. The molecule has 0 amide bonds. The molecule has 3 heteroatoms. The summed E-state index contributed by atoms with van der Waals surface area (Å²) in [7, 11) is 0. The number of ketones is 1. The highest BCUT2D eigenvalue weighted by Crippen LogP contribution is 2.26. The van der Waals surface area contributed by atoms with Crippen molar-refractivity contribution in [2.45, 2.75) is 54.0 Å². The van der Waals surface area contributed by atoms with E-state index in [4.69, 9.17) is 0 Å². The Morgan fingerprint density at radius 3 is 2.65 bits per heavy atom.